The van der Waals surface area contributed by atoms with Crippen molar-refractivity contribution in [2.75, 3.05) is 0 Å². The zero-order valence-electron chi connectivity index (χ0n) is 11.1. The zero-order valence-corrected chi connectivity index (χ0v) is 11.1. The summed E-state index contributed by atoms with van der Waals surface area (Å²) in [5.41, 5.74) is 5.61. The van der Waals surface area contributed by atoms with E-state index in [-0.39, 0.29) is 11.8 Å². The molecule has 1 aromatic heterocycles. The Hall–Kier alpha value is -0.970. The maximum Gasteiger partial charge on any atom is 0.256 e. The average Bonchev–Trinajstić information content (AvgIpc) is 2.46. The molecule has 0 bridgehead atoms. The van der Waals surface area contributed by atoms with Gasteiger partial charge in [-0.1, -0.05) is 20.8 Å². The first-order valence-electron chi connectivity index (χ1n) is 5.64. The highest BCUT2D eigenvalue weighted by atomic mass is 19.3. The Morgan fingerprint density at radius 3 is 2.24 bits per heavy atom. The molecule has 1 atom stereocenters. The fraction of sp³-hybridized carbons (Fsp3) is 0.750. The van der Waals surface area contributed by atoms with Crippen LogP contribution in [0.2, 0.25) is 0 Å². The lowest BCUT2D eigenvalue weighted by Crippen LogP contribution is -2.46. The van der Waals surface area contributed by atoms with Gasteiger partial charge in [0, 0.05) is 24.6 Å². The van der Waals surface area contributed by atoms with Gasteiger partial charge in [-0.2, -0.15) is 5.10 Å². The van der Waals surface area contributed by atoms with Crippen LogP contribution in [-0.2, 0) is 18.9 Å². The molecule has 1 aromatic rings. The van der Waals surface area contributed by atoms with E-state index in [0.29, 0.717) is 0 Å². The summed E-state index contributed by atoms with van der Waals surface area (Å²) in [6.07, 6.45) is -2.43. The van der Waals surface area contributed by atoms with Gasteiger partial charge in [0.15, 0.2) is 0 Å². The van der Waals surface area contributed by atoms with Gasteiger partial charge >= 0.3 is 0 Å². The molecular weight excluding hydrogens is 224 g/mol. The van der Waals surface area contributed by atoms with E-state index in [1.807, 2.05) is 26.8 Å². The monoisotopic (exact) mass is 245 g/mol. The van der Waals surface area contributed by atoms with Crippen LogP contribution >= 0.6 is 0 Å². The number of nitrogens with two attached hydrogens (primary N) is 1. The molecule has 5 heteroatoms. The number of halogens is 2. The third kappa shape index (κ3) is 3.25. The van der Waals surface area contributed by atoms with E-state index in [4.69, 9.17) is 5.73 Å². The summed E-state index contributed by atoms with van der Waals surface area (Å²) in [6, 6.07) is 1.85. The van der Waals surface area contributed by atoms with Crippen molar-refractivity contribution in [2.24, 2.45) is 12.8 Å². The van der Waals surface area contributed by atoms with E-state index in [1.165, 1.54) is 6.92 Å². The third-order valence-electron chi connectivity index (χ3n) is 2.81. The van der Waals surface area contributed by atoms with Crippen LogP contribution < -0.4 is 5.73 Å². The van der Waals surface area contributed by atoms with Gasteiger partial charge in [0.25, 0.3) is 6.43 Å². The van der Waals surface area contributed by atoms with Crippen LogP contribution in [0.5, 0.6) is 0 Å². The van der Waals surface area contributed by atoms with E-state index >= 15 is 0 Å². The molecule has 0 aromatic carbocycles. The van der Waals surface area contributed by atoms with Crippen molar-refractivity contribution in [3.63, 3.8) is 0 Å². The second kappa shape index (κ2) is 4.37. The summed E-state index contributed by atoms with van der Waals surface area (Å²) < 4.78 is 27.1. The van der Waals surface area contributed by atoms with Gasteiger partial charge in [-0.25, -0.2) is 8.78 Å². The van der Waals surface area contributed by atoms with Crippen molar-refractivity contribution in [1.29, 1.82) is 0 Å². The Balaban J connectivity index is 2.98. The van der Waals surface area contributed by atoms with Crippen molar-refractivity contribution >= 4 is 0 Å². The molecule has 17 heavy (non-hydrogen) atoms. The van der Waals surface area contributed by atoms with Crippen LogP contribution in [0.15, 0.2) is 6.07 Å². The minimum atomic E-state index is -2.55. The first kappa shape index (κ1) is 14.1. The summed E-state index contributed by atoms with van der Waals surface area (Å²) >= 11 is 0. The Morgan fingerprint density at radius 1 is 1.35 bits per heavy atom. The molecule has 0 aliphatic carbocycles. The van der Waals surface area contributed by atoms with Crippen molar-refractivity contribution in [1.82, 2.24) is 9.78 Å². The van der Waals surface area contributed by atoms with E-state index in [1.54, 1.807) is 11.7 Å². The van der Waals surface area contributed by atoms with Crippen LogP contribution in [0.1, 0.15) is 39.1 Å². The molecule has 0 aliphatic heterocycles. The average molecular weight is 245 g/mol. The normalized spacial score (nSPS) is 16.3. The van der Waals surface area contributed by atoms with Crippen molar-refractivity contribution in [3.05, 3.63) is 17.5 Å². The molecule has 0 amide bonds. The predicted octanol–water partition coefficient (Wildman–Crippen LogP) is 2.24. The van der Waals surface area contributed by atoms with E-state index in [9.17, 15) is 8.78 Å². The summed E-state index contributed by atoms with van der Waals surface area (Å²) in [7, 11) is 1.76. The smallest absolute Gasteiger partial charge is 0.256 e. The summed E-state index contributed by atoms with van der Waals surface area (Å²) in [4.78, 5) is 0. The van der Waals surface area contributed by atoms with E-state index in [0.717, 1.165) is 11.4 Å². The maximum absolute atomic E-state index is 12.7. The summed E-state index contributed by atoms with van der Waals surface area (Å²) in [5, 5.41) is 4.34. The number of aromatic nitrogens is 2. The lowest BCUT2D eigenvalue weighted by Gasteiger charge is -2.23. The van der Waals surface area contributed by atoms with Gasteiger partial charge in [0.1, 0.15) is 0 Å². The molecule has 98 valence electrons. The fourth-order valence-electron chi connectivity index (χ4n) is 1.51. The SMILES string of the molecule is Cn1nc(C(C)(C)C)cc1CC(C)(N)C(F)F. The molecule has 0 saturated carbocycles. The van der Waals surface area contributed by atoms with Crippen LogP contribution in [0.3, 0.4) is 0 Å². The molecular formula is C12H21F2N3. The van der Waals surface area contributed by atoms with Crippen LogP contribution in [0.4, 0.5) is 8.78 Å². The van der Waals surface area contributed by atoms with Crippen LogP contribution in [0, 0.1) is 0 Å². The van der Waals surface area contributed by atoms with Gasteiger partial charge in [-0.05, 0) is 13.0 Å². The predicted molar refractivity (Wildman–Crippen MR) is 64.2 cm³/mol. The van der Waals surface area contributed by atoms with Crippen LogP contribution in [0.25, 0.3) is 0 Å². The largest absolute Gasteiger partial charge is 0.320 e. The summed E-state index contributed by atoms with van der Waals surface area (Å²) in [6.45, 7) is 7.47. The van der Waals surface area contributed by atoms with Gasteiger partial charge in [0.2, 0.25) is 0 Å². The molecule has 1 rings (SSSR count). The van der Waals surface area contributed by atoms with E-state index in [2.05, 4.69) is 5.10 Å². The molecule has 1 unspecified atom stereocenters. The second-order valence-corrected chi connectivity index (χ2v) is 5.88. The number of aryl methyl sites for hydroxylation is 1. The quantitative estimate of drug-likeness (QED) is 0.887. The third-order valence-corrected chi connectivity index (χ3v) is 2.81. The van der Waals surface area contributed by atoms with Crippen LogP contribution in [-0.4, -0.2) is 21.7 Å². The lowest BCUT2D eigenvalue weighted by atomic mass is 9.91. The Morgan fingerprint density at radius 2 is 1.88 bits per heavy atom. The highest BCUT2D eigenvalue weighted by Gasteiger charge is 2.32. The highest BCUT2D eigenvalue weighted by Crippen LogP contribution is 2.24. The number of hydrogen-bond donors (Lipinski definition) is 1. The number of rotatable bonds is 3. The highest BCUT2D eigenvalue weighted by molar-refractivity contribution is 5.19. The molecule has 0 saturated heterocycles. The van der Waals surface area contributed by atoms with Crippen molar-refractivity contribution in [2.45, 2.75) is 51.5 Å². The molecule has 1 heterocycles. The Labute approximate surface area is 101 Å². The fourth-order valence-corrected chi connectivity index (χ4v) is 1.51. The standard InChI is InChI=1S/C12H21F2N3/c1-11(2,3)9-6-8(17(5)16-9)7-12(4,15)10(13)14/h6,10H,7,15H2,1-5H3. The molecule has 2 N–H and O–H groups in total. The Bertz CT molecular complexity index is 389. The number of nitrogens with zero attached hydrogens (tertiary/aromatic N) is 2. The van der Waals surface area contributed by atoms with E-state index < -0.39 is 12.0 Å². The second-order valence-electron chi connectivity index (χ2n) is 5.88. The topological polar surface area (TPSA) is 43.8 Å². The molecule has 0 fully saturated rings. The van der Waals surface area contributed by atoms with Gasteiger partial charge in [0.05, 0.1) is 11.2 Å². The minimum absolute atomic E-state index is 0.0914. The lowest BCUT2D eigenvalue weighted by molar-refractivity contribution is 0.0629. The zero-order chi connectivity index (χ0) is 13.4. The maximum atomic E-state index is 12.7. The minimum Gasteiger partial charge on any atom is -0.320 e. The summed E-state index contributed by atoms with van der Waals surface area (Å²) in [5.74, 6) is 0. The van der Waals surface area contributed by atoms with Gasteiger partial charge < -0.3 is 5.73 Å². The molecule has 0 spiro atoms. The number of hydrogen-bond acceptors (Lipinski definition) is 2. The molecule has 0 aliphatic rings. The van der Waals surface area contributed by atoms with Crippen molar-refractivity contribution in [3.8, 4) is 0 Å². The van der Waals surface area contributed by atoms with Gasteiger partial charge in [-0.3, -0.25) is 4.68 Å². The van der Waals surface area contributed by atoms with Crippen molar-refractivity contribution < 1.29 is 8.78 Å². The van der Waals surface area contributed by atoms with Gasteiger partial charge in [-0.15, -0.1) is 0 Å². The first-order chi connectivity index (χ1) is 7.54. The molecule has 3 nitrogen and oxygen atoms in total. The first-order valence-corrected chi connectivity index (χ1v) is 5.64. The number of alkyl halides is 2. The molecule has 0 radical (unpaired) electrons. The Kier molecular flexibility index (Phi) is 3.62.